The van der Waals surface area contributed by atoms with E-state index in [9.17, 15) is 24.8 Å². The summed E-state index contributed by atoms with van der Waals surface area (Å²) in [5.41, 5.74) is 1.55. The molecule has 1 amide bonds. The Labute approximate surface area is 206 Å². The fourth-order valence-electron chi connectivity index (χ4n) is 4.48. The lowest BCUT2D eigenvalue weighted by molar-refractivity contribution is -0.384. The first-order valence-corrected chi connectivity index (χ1v) is 11.4. The highest BCUT2D eigenvalue weighted by molar-refractivity contribution is 6.46. The summed E-state index contributed by atoms with van der Waals surface area (Å²) in [6.07, 6.45) is 0.488. The molecule has 0 unspecified atom stereocenters. The normalized spacial score (nSPS) is 18.3. The Kier molecular flexibility index (Phi) is 6.12. The molecular weight excluding hydrogens is 464 g/mol. The van der Waals surface area contributed by atoms with E-state index in [4.69, 9.17) is 9.47 Å². The van der Waals surface area contributed by atoms with E-state index in [1.165, 1.54) is 29.2 Å². The van der Waals surface area contributed by atoms with Crippen LogP contribution < -0.4 is 9.47 Å². The van der Waals surface area contributed by atoms with Crippen LogP contribution in [0, 0.1) is 10.1 Å². The van der Waals surface area contributed by atoms with Crippen molar-refractivity contribution in [3.63, 3.8) is 0 Å². The molecule has 0 aliphatic carbocycles. The van der Waals surface area contributed by atoms with E-state index in [-0.39, 0.29) is 23.6 Å². The van der Waals surface area contributed by atoms with Gasteiger partial charge in [0.2, 0.25) is 0 Å². The maximum absolute atomic E-state index is 13.2. The minimum absolute atomic E-state index is 0.0846. The van der Waals surface area contributed by atoms with Gasteiger partial charge in [0.1, 0.15) is 19.0 Å². The Morgan fingerprint density at radius 3 is 2.36 bits per heavy atom. The fourth-order valence-corrected chi connectivity index (χ4v) is 4.48. The Morgan fingerprint density at radius 2 is 1.67 bits per heavy atom. The van der Waals surface area contributed by atoms with Gasteiger partial charge < -0.3 is 19.5 Å². The summed E-state index contributed by atoms with van der Waals surface area (Å²) < 4.78 is 11.1. The second-order valence-electron chi connectivity index (χ2n) is 8.44. The number of aliphatic hydroxyl groups excluding tert-OH is 1. The number of non-ortho nitro benzene ring substituents is 1. The third-order valence-corrected chi connectivity index (χ3v) is 6.26. The van der Waals surface area contributed by atoms with E-state index in [1.54, 1.807) is 18.2 Å². The molecule has 9 nitrogen and oxygen atoms in total. The monoisotopic (exact) mass is 486 g/mol. The maximum atomic E-state index is 13.2. The molecule has 1 atom stereocenters. The molecule has 0 bridgehead atoms. The number of carbonyl (C=O) groups is 2. The van der Waals surface area contributed by atoms with Crippen molar-refractivity contribution in [1.29, 1.82) is 0 Å². The lowest BCUT2D eigenvalue weighted by Gasteiger charge is -2.25. The molecular formula is C27H22N2O7. The highest BCUT2D eigenvalue weighted by Gasteiger charge is 2.46. The molecule has 182 valence electrons. The first-order chi connectivity index (χ1) is 17.4. The Bertz CT molecular complexity index is 1370. The maximum Gasteiger partial charge on any atom is 0.295 e. The van der Waals surface area contributed by atoms with Crippen molar-refractivity contribution in [2.45, 2.75) is 12.5 Å². The van der Waals surface area contributed by atoms with Crippen LogP contribution in [0.3, 0.4) is 0 Å². The van der Waals surface area contributed by atoms with Crippen LogP contribution in [0.15, 0.2) is 78.4 Å². The first kappa shape index (κ1) is 23.1. The first-order valence-electron chi connectivity index (χ1n) is 11.4. The smallest absolute Gasteiger partial charge is 0.295 e. The summed E-state index contributed by atoms with van der Waals surface area (Å²) in [5.74, 6) is -0.966. The van der Waals surface area contributed by atoms with E-state index in [0.717, 1.165) is 5.56 Å². The zero-order valence-corrected chi connectivity index (χ0v) is 19.1. The van der Waals surface area contributed by atoms with Crippen molar-refractivity contribution < 1.29 is 29.1 Å². The number of amides is 1. The van der Waals surface area contributed by atoms with Crippen LogP contribution in [-0.4, -0.2) is 46.4 Å². The third kappa shape index (κ3) is 4.26. The highest BCUT2D eigenvalue weighted by Crippen LogP contribution is 2.41. The van der Waals surface area contributed by atoms with Crippen molar-refractivity contribution in [1.82, 2.24) is 4.90 Å². The van der Waals surface area contributed by atoms with Gasteiger partial charge in [-0.05, 0) is 47.9 Å². The van der Waals surface area contributed by atoms with E-state index in [1.807, 2.05) is 30.3 Å². The summed E-state index contributed by atoms with van der Waals surface area (Å²) in [5, 5.41) is 22.4. The molecule has 36 heavy (non-hydrogen) atoms. The van der Waals surface area contributed by atoms with Crippen LogP contribution in [0.1, 0.15) is 22.7 Å². The summed E-state index contributed by atoms with van der Waals surface area (Å²) in [6.45, 7) is 0.975. The number of benzene rings is 3. The lowest BCUT2D eigenvalue weighted by atomic mass is 9.95. The average molecular weight is 486 g/mol. The fraction of sp³-hybridized carbons (Fsp3) is 0.185. The molecule has 5 rings (SSSR count). The van der Waals surface area contributed by atoms with Crippen LogP contribution in [0.5, 0.6) is 11.5 Å². The minimum Gasteiger partial charge on any atom is -0.507 e. The molecule has 1 fully saturated rings. The van der Waals surface area contributed by atoms with Crippen LogP contribution in [-0.2, 0) is 16.0 Å². The van der Waals surface area contributed by atoms with Gasteiger partial charge in [0, 0.05) is 24.2 Å². The molecule has 3 aromatic carbocycles. The third-order valence-electron chi connectivity index (χ3n) is 6.26. The molecule has 2 aliphatic rings. The topological polar surface area (TPSA) is 119 Å². The minimum atomic E-state index is -0.914. The van der Waals surface area contributed by atoms with Crippen molar-refractivity contribution in [3.05, 3.63) is 105 Å². The molecule has 2 aliphatic heterocycles. The van der Waals surface area contributed by atoms with Gasteiger partial charge in [0.25, 0.3) is 17.4 Å². The van der Waals surface area contributed by atoms with Gasteiger partial charge in [0.15, 0.2) is 11.5 Å². The Hall–Kier alpha value is -4.66. The summed E-state index contributed by atoms with van der Waals surface area (Å²) >= 11 is 0. The zero-order chi connectivity index (χ0) is 25.2. The van der Waals surface area contributed by atoms with E-state index in [0.29, 0.717) is 42.3 Å². The molecule has 9 heteroatoms. The number of aliphatic hydroxyl groups is 1. The number of fused-ring (bicyclic) bond motifs is 1. The lowest BCUT2D eigenvalue weighted by Crippen LogP contribution is -2.31. The van der Waals surface area contributed by atoms with Gasteiger partial charge >= 0.3 is 0 Å². The number of nitro groups is 1. The number of hydrogen-bond donors (Lipinski definition) is 1. The molecule has 0 radical (unpaired) electrons. The Balaban J connectivity index is 1.58. The molecule has 0 aromatic heterocycles. The van der Waals surface area contributed by atoms with Gasteiger partial charge in [-0.2, -0.15) is 0 Å². The largest absolute Gasteiger partial charge is 0.507 e. The summed E-state index contributed by atoms with van der Waals surface area (Å²) in [4.78, 5) is 38.4. The second kappa shape index (κ2) is 9.53. The van der Waals surface area contributed by atoms with Crippen LogP contribution in [0.4, 0.5) is 5.69 Å². The predicted octanol–water partition coefficient (Wildman–Crippen LogP) is 4.03. The number of ether oxygens (including phenoxy) is 2. The number of carbonyl (C=O) groups excluding carboxylic acids is 2. The molecule has 1 N–H and O–H groups in total. The van der Waals surface area contributed by atoms with Gasteiger partial charge in [-0.15, -0.1) is 0 Å². The molecule has 0 saturated carbocycles. The average Bonchev–Trinajstić information content (AvgIpc) is 3.16. The van der Waals surface area contributed by atoms with Gasteiger partial charge in [0.05, 0.1) is 16.5 Å². The van der Waals surface area contributed by atoms with Crippen LogP contribution in [0.2, 0.25) is 0 Å². The standard InChI is InChI=1S/C27H22N2O7/c30-25(19-8-11-21-22(16-19)36-15-14-35-21)23-24(18-6-9-20(10-7-18)29(33)34)28(27(32)26(23)31)13-12-17-4-2-1-3-5-17/h1-11,16,24,30H,12-15H2/b25-23+/t24-/m0/s1. The van der Waals surface area contributed by atoms with Crippen molar-refractivity contribution in [3.8, 4) is 11.5 Å². The van der Waals surface area contributed by atoms with E-state index < -0.39 is 22.7 Å². The van der Waals surface area contributed by atoms with Crippen molar-refractivity contribution in [2.24, 2.45) is 0 Å². The summed E-state index contributed by atoms with van der Waals surface area (Å²) in [6, 6.07) is 19.0. The zero-order valence-electron chi connectivity index (χ0n) is 19.1. The highest BCUT2D eigenvalue weighted by atomic mass is 16.6. The van der Waals surface area contributed by atoms with Crippen molar-refractivity contribution >= 4 is 23.1 Å². The second-order valence-corrected chi connectivity index (χ2v) is 8.44. The van der Waals surface area contributed by atoms with Crippen LogP contribution in [0.25, 0.3) is 5.76 Å². The number of ketones is 1. The number of nitro benzene ring substituents is 1. The Morgan fingerprint density at radius 1 is 0.972 bits per heavy atom. The summed E-state index contributed by atoms with van der Waals surface area (Å²) in [7, 11) is 0. The SMILES string of the molecule is O=C1C(=O)N(CCc2ccccc2)[C@@H](c2ccc([N+](=O)[O-])cc2)/C1=C(\O)c1ccc2c(c1)OCCO2. The van der Waals surface area contributed by atoms with Gasteiger partial charge in [-0.25, -0.2) is 0 Å². The molecule has 3 aromatic rings. The molecule has 2 heterocycles. The number of nitrogens with zero attached hydrogens (tertiary/aromatic N) is 2. The molecule has 1 saturated heterocycles. The van der Waals surface area contributed by atoms with Gasteiger partial charge in [-0.3, -0.25) is 19.7 Å². The van der Waals surface area contributed by atoms with E-state index in [2.05, 4.69) is 0 Å². The van der Waals surface area contributed by atoms with Crippen LogP contribution >= 0.6 is 0 Å². The number of likely N-dealkylation sites (tertiary alicyclic amines) is 1. The van der Waals surface area contributed by atoms with E-state index >= 15 is 0 Å². The number of rotatable bonds is 6. The van der Waals surface area contributed by atoms with Gasteiger partial charge in [-0.1, -0.05) is 30.3 Å². The number of hydrogen-bond acceptors (Lipinski definition) is 7. The quantitative estimate of drug-likeness (QED) is 0.184. The van der Waals surface area contributed by atoms with Crippen molar-refractivity contribution in [2.75, 3.05) is 19.8 Å². The molecule has 0 spiro atoms. The predicted molar refractivity (Wildman–Crippen MR) is 130 cm³/mol. The number of Topliss-reactive ketones (excluding diaryl/α,β-unsaturated/α-hetero) is 1.